The Labute approximate surface area is 117 Å². The van der Waals surface area contributed by atoms with Gasteiger partial charge in [0.25, 0.3) is 5.91 Å². The van der Waals surface area contributed by atoms with E-state index in [0.717, 1.165) is 0 Å². The minimum absolute atomic E-state index is 0.00168. The largest absolute Gasteiger partial charge is 0.477 e. The molecule has 0 aliphatic heterocycles. The van der Waals surface area contributed by atoms with E-state index >= 15 is 0 Å². The van der Waals surface area contributed by atoms with Gasteiger partial charge in [-0.2, -0.15) is 0 Å². The van der Waals surface area contributed by atoms with Crippen molar-refractivity contribution in [2.45, 2.75) is 13.8 Å². The molecule has 0 unspecified atom stereocenters. The molecule has 0 aromatic carbocycles. The quantitative estimate of drug-likeness (QED) is 0.840. The minimum Gasteiger partial charge on any atom is -0.477 e. The van der Waals surface area contributed by atoms with E-state index < -0.39 is 5.97 Å². The van der Waals surface area contributed by atoms with Gasteiger partial charge in [-0.15, -0.1) is 0 Å². The van der Waals surface area contributed by atoms with Crippen molar-refractivity contribution < 1.29 is 19.5 Å². The Morgan fingerprint density at radius 3 is 2.10 bits per heavy atom. The second-order valence-corrected chi connectivity index (χ2v) is 4.88. The van der Waals surface area contributed by atoms with Crippen molar-refractivity contribution in [3.8, 4) is 0 Å². The van der Waals surface area contributed by atoms with E-state index in [0.29, 0.717) is 16.8 Å². The fourth-order valence-corrected chi connectivity index (χ4v) is 1.89. The lowest BCUT2D eigenvalue weighted by Gasteiger charge is -2.19. The van der Waals surface area contributed by atoms with Gasteiger partial charge < -0.3 is 19.9 Å². The number of carboxylic acids is 1. The summed E-state index contributed by atoms with van der Waals surface area (Å²) < 4.78 is 0. The predicted molar refractivity (Wildman–Crippen MR) is 72.9 cm³/mol. The number of rotatable bonds is 4. The Morgan fingerprint density at radius 1 is 1.15 bits per heavy atom. The molecule has 0 atom stereocenters. The number of aromatic amines is 1. The minimum atomic E-state index is -1.11. The van der Waals surface area contributed by atoms with Crippen LogP contribution in [0.1, 0.15) is 32.1 Å². The second kappa shape index (κ2) is 5.77. The molecule has 0 spiro atoms. The van der Waals surface area contributed by atoms with E-state index in [1.165, 1.54) is 16.8 Å². The van der Waals surface area contributed by atoms with Crippen molar-refractivity contribution >= 4 is 17.8 Å². The molecule has 2 amide bonds. The molecule has 0 saturated heterocycles. The van der Waals surface area contributed by atoms with Crippen LogP contribution in [-0.2, 0) is 4.79 Å². The Morgan fingerprint density at radius 2 is 1.70 bits per heavy atom. The molecule has 0 radical (unpaired) electrons. The highest BCUT2D eigenvalue weighted by Crippen LogP contribution is 2.19. The van der Waals surface area contributed by atoms with Crippen LogP contribution in [0.4, 0.5) is 0 Å². The number of likely N-dealkylation sites (N-methyl/N-ethyl adjacent to an activating group) is 2. The third-order valence-corrected chi connectivity index (χ3v) is 3.08. The zero-order valence-electron chi connectivity index (χ0n) is 12.3. The molecule has 0 fully saturated rings. The molecule has 20 heavy (non-hydrogen) atoms. The van der Waals surface area contributed by atoms with Crippen LogP contribution in [0, 0.1) is 13.8 Å². The molecule has 7 heteroatoms. The number of aromatic carboxylic acids is 1. The maximum atomic E-state index is 12.3. The van der Waals surface area contributed by atoms with Gasteiger partial charge in [0.2, 0.25) is 5.91 Å². The molecule has 0 bridgehead atoms. The zero-order valence-corrected chi connectivity index (χ0v) is 12.3. The molecule has 110 valence electrons. The monoisotopic (exact) mass is 281 g/mol. The predicted octanol–water partition coefficient (Wildman–Crippen LogP) is 0.490. The normalized spacial score (nSPS) is 10.2. The molecule has 1 aromatic rings. The van der Waals surface area contributed by atoms with Crippen LogP contribution in [0.15, 0.2) is 0 Å². The van der Waals surface area contributed by atoms with Crippen molar-refractivity contribution in [1.29, 1.82) is 0 Å². The van der Waals surface area contributed by atoms with Gasteiger partial charge in [-0.05, 0) is 19.4 Å². The number of carbonyl (C=O) groups is 3. The lowest BCUT2D eigenvalue weighted by Crippen LogP contribution is -2.38. The van der Waals surface area contributed by atoms with E-state index in [9.17, 15) is 14.4 Å². The summed E-state index contributed by atoms with van der Waals surface area (Å²) in [6, 6.07) is 0. The molecule has 1 heterocycles. The third-order valence-electron chi connectivity index (χ3n) is 3.08. The summed E-state index contributed by atoms with van der Waals surface area (Å²) in [7, 11) is 4.72. The van der Waals surface area contributed by atoms with E-state index in [1.54, 1.807) is 27.9 Å². The molecule has 2 N–H and O–H groups in total. The summed E-state index contributed by atoms with van der Waals surface area (Å²) in [6.07, 6.45) is 0. The first-order valence-electron chi connectivity index (χ1n) is 6.04. The van der Waals surface area contributed by atoms with E-state index in [4.69, 9.17) is 5.11 Å². The smallest absolute Gasteiger partial charge is 0.352 e. The summed E-state index contributed by atoms with van der Waals surface area (Å²) in [4.78, 5) is 40.3. The lowest BCUT2D eigenvalue weighted by atomic mass is 10.1. The average molecular weight is 281 g/mol. The fraction of sp³-hybridized carbons (Fsp3) is 0.462. The number of aryl methyl sites for hydroxylation is 1. The lowest BCUT2D eigenvalue weighted by molar-refractivity contribution is -0.129. The van der Waals surface area contributed by atoms with E-state index in [1.807, 2.05) is 0 Å². The number of nitrogens with one attached hydrogen (secondary N) is 1. The Kier molecular flexibility index (Phi) is 4.54. The summed E-state index contributed by atoms with van der Waals surface area (Å²) in [6.45, 7) is 3.15. The number of carbonyl (C=O) groups excluding carboxylic acids is 2. The number of hydrogen-bond acceptors (Lipinski definition) is 3. The summed E-state index contributed by atoms with van der Waals surface area (Å²) in [5.41, 5.74) is 1.16. The topological polar surface area (TPSA) is 93.7 Å². The van der Waals surface area contributed by atoms with E-state index in [-0.39, 0.29) is 24.1 Å². The Hall–Kier alpha value is -2.31. The first kappa shape index (κ1) is 15.7. The van der Waals surface area contributed by atoms with Gasteiger partial charge in [0.1, 0.15) is 5.69 Å². The first-order valence-corrected chi connectivity index (χ1v) is 6.04. The van der Waals surface area contributed by atoms with Crippen LogP contribution in [0.3, 0.4) is 0 Å². The van der Waals surface area contributed by atoms with Crippen molar-refractivity contribution in [3.63, 3.8) is 0 Å². The third kappa shape index (κ3) is 2.98. The Balaban J connectivity index is 3.04. The number of carboxylic acid groups (broad SMARTS) is 1. The number of amides is 2. The highest BCUT2D eigenvalue weighted by atomic mass is 16.4. The molecule has 1 aromatic heterocycles. The van der Waals surface area contributed by atoms with Crippen LogP contribution in [0.5, 0.6) is 0 Å². The Bertz CT molecular complexity index is 560. The molecular formula is C13H19N3O4. The molecule has 0 aliphatic rings. The molecule has 0 saturated carbocycles. The molecule has 0 aliphatic carbocycles. The van der Waals surface area contributed by atoms with Gasteiger partial charge in [-0.25, -0.2) is 4.79 Å². The highest BCUT2D eigenvalue weighted by molar-refractivity contribution is 6.01. The van der Waals surface area contributed by atoms with Crippen LogP contribution < -0.4 is 0 Å². The first-order chi connectivity index (χ1) is 9.16. The van der Waals surface area contributed by atoms with Gasteiger partial charge >= 0.3 is 5.97 Å². The van der Waals surface area contributed by atoms with E-state index in [2.05, 4.69) is 4.98 Å². The maximum absolute atomic E-state index is 12.3. The molecular weight excluding hydrogens is 262 g/mol. The zero-order chi connectivity index (χ0) is 15.6. The van der Waals surface area contributed by atoms with Crippen molar-refractivity contribution in [2.75, 3.05) is 27.7 Å². The molecule has 1 rings (SSSR count). The van der Waals surface area contributed by atoms with Gasteiger partial charge in [0.15, 0.2) is 0 Å². The van der Waals surface area contributed by atoms with Crippen LogP contribution in [0.25, 0.3) is 0 Å². The van der Waals surface area contributed by atoms with Crippen molar-refractivity contribution in [3.05, 3.63) is 22.5 Å². The van der Waals surface area contributed by atoms with Crippen molar-refractivity contribution in [2.24, 2.45) is 0 Å². The summed E-state index contributed by atoms with van der Waals surface area (Å²) in [5.74, 6) is -1.69. The number of aromatic nitrogens is 1. The second-order valence-electron chi connectivity index (χ2n) is 4.88. The fourth-order valence-electron chi connectivity index (χ4n) is 1.89. The van der Waals surface area contributed by atoms with Gasteiger partial charge in [0, 0.05) is 26.8 Å². The van der Waals surface area contributed by atoms with Crippen molar-refractivity contribution in [1.82, 2.24) is 14.8 Å². The van der Waals surface area contributed by atoms with Gasteiger partial charge in [-0.1, -0.05) is 0 Å². The average Bonchev–Trinajstić information content (AvgIpc) is 2.63. The SMILES string of the molecule is Cc1[nH]c(C(=O)O)c(C)c1C(=O)N(C)CC(=O)N(C)C. The number of hydrogen-bond donors (Lipinski definition) is 2. The van der Waals surface area contributed by atoms with Crippen LogP contribution in [-0.4, -0.2) is 65.4 Å². The maximum Gasteiger partial charge on any atom is 0.352 e. The summed E-state index contributed by atoms with van der Waals surface area (Å²) >= 11 is 0. The standard InChI is InChI=1S/C13H19N3O4/c1-7-10(8(2)14-11(7)13(19)20)12(18)16(5)6-9(17)15(3)4/h14H,6H2,1-5H3,(H,19,20). The van der Waals surface area contributed by atoms with Gasteiger partial charge in [-0.3, -0.25) is 9.59 Å². The number of nitrogens with zero attached hydrogens (tertiary/aromatic N) is 2. The number of H-pyrrole nitrogens is 1. The highest BCUT2D eigenvalue weighted by Gasteiger charge is 2.24. The summed E-state index contributed by atoms with van der Waals surface area (Å²) in [5, 5.41) is 9.03. The van der Waals surface area contributed by atoms with Gasteiger partial charge in [0.05, 0.1) is 12.1 Å². The van der Waals surface area contributed by atoms with Crippen LogP contribution >= 0.6 is 0 Å². The van der Waals surface area contributed by atoms with Crippen LogP contribution in [0.2, 0.25) is 0 Å². The molecule has 7 nitrogen and oxygen atoms in total.